The van der Waals surface area contributed by atoms with Gasteiger partial charge in [-0.05, 0) is 25.3 Å². The minimum Gasteiger partial charge on any atom is -0.338 e. The summed E-state index contributed by atoms with van der Waals surface area (Å²) in [4.78, 5) is 25.0. The standard InChI is InChI=1S/C12H23N3O2/c1-4-15(10-5-6-10)8-11(16)14-12(17)13-7-9(2)3/h9-10H,4-8H2,1-3H3,(H2,13,14,16,17). The molecule has 5 heteroatoms. The molecule has 0 aliphatic heterocycles. The van der Waals surface area contributed by atoms with Crippen molar-refractivity contribution >= 4 is 11.9 Å². The molecule has 0 saturated heterocycles. The molecule has 17 heavy (non-hydrogen) atoms. The molecule has 1 aliphatic rings. The summed E-state index contributed by atoms with van der Waals surface area (Å²) in [7, 11) is 0. The van der Waals surface area contributed by atoms with E-state index < -0.39 is 6.03 Å². The molecular formula is C12H23N3O2. The second-order valence-electron chi connectivity index (χ2n) is 4.95. The van der Waals surface area contributed by atoms with Crippen molar-refractivity contribution in [1.82, 2.24) is 15.5 Å². The van der Waals surface area contributed by atoms with E-state index in [0.717, 1.165) is 6.54 Å². The predicted octanol–water partition coefficient (Wildman–Crippen LogP) is 0.952. The average molecular weight is 241 g/mol. The molecule has 0 heterocycles. The highest BCUT2D eigenvalue weighted by molar-refractivity contribution is 5.95. The third kappa shape index (κ3) is 5.68. The number of hydrogen-bond acceptors (Lipinski definition) is 3. The Morgan fingerprint density at radius 3 is 2.47 bits per heavy atom. The zero-order valence-corrected chi connectivity index (χ0v) is 11.0. The first kappa shape index (κ1) is 14.0. The number of rotatable bonds is 6. The van der Waals surface area contributed by atoms with E-state index in [1.54, 1.807) is 0 Å². The topological polar surface area (TPSA) is 61.4 Å². The van der Waals surface area contributed by atoms with Crippen molar-refractivity contribution < 1.29 is 9.59 Å². The molecule has 5 nitrogen and oxygen atoms in total. The summed E-state index contributed by atoms with van der Waals surface area (Å²) in [6.45, 7) is 7.80. The Morgan fingerprint density at radius 1 is 1.35 bits per heavy atom. The first-order valence-corrected chi connectivity index (χ1v) is 6.34. The molecule has 0 bridgehead atoms. The van der Waals surface area contributed by atoms with Gasteiger partial charge in [0, 0.05) is 12.6 Å². The summed E-state index contributed by atoms with van der Waals surface area (Å²) in [5.74, 6) is 0.162. The summed E-state index contributed by atoms with van der Waals surface area (Å²) in [6.07, 6.45) is 2.33. The first-order chi connectivity index (χ1) is 8.02. The molecule has 0 aromatic heterocycles. The van der Waals surface area contributed by atoms with Gasteiger partial charge in [-0.25, -0.2) is 4.79 Å². The van der Waals surface area contributed by atoms with Crippen LogP contribution in [-0.4, -0.2) is 42.5 Å². The van der Waals surface area contributed by atoms with Gasteiger partial charge < -0.3 is 5.32 Å². The third-order valence-corrected chi connectivity index (χ3v) is 2.74. The van der Waals surface area contributed by atoms with Crippen molar-refractivity contribution in [3.63, 3.8) is 0 Å². The third-order valence-electron chi connectivity index (χ3n) is 2.74. The molecule has 0 atom stereocenters. The largest absolute Gasteiger partial charge is 0.338 e. The Bertz CT molecular complexity index is 275. The SMILES string of the molecule is CCN(CC(=O)NC(=O)NCC(C)C)C1CC1. The second kappa shape index (κ2) is 6.59. The van der Waals surface area contributed by atoms with E-state index in [1.165, 1.54) is 12.8 Å². The van der Waals surface area contributed by atoms with E-state index in [0.29, 0.717) is 25.0 Å². The maximum Gasteiger partial charge on any atom is 0.321 e. The average Bonchev–Trinajstić information content (AvgIpc) is 3.06. The Kier molecular flexibility index (Phi) is 5.41. The van der Waals surface area contributed by atoms with Gasteiger partial charge in [0.05, 0.1) is 6.54 Å². The van der Waals surface area contributed by atoms with Crippen LogP contribution in [0.4, 0.5) is 4.79 Å². The van der Waals surface area contributed by atoms with Gasteiger partial charge in [0.2, 0.25) is 5.91 Å². The molecule has 1 fully saturated rings. The van der Waals surface area contributed by atoms with E-state index in [9.17, 15) is 9.59 Å². The van der Waals surface area contributed by atoms with Crippen LogP contribution in [0.2, 0.25) is 0 Å². The van der Waals surface area contributed by atoms with E-state index >= 15 is 0 Å². The van der Waals surface area contributed by atoms with Gasteiger partial charge in [0.15, 0.2) is 0 Å². The van der Waals surface area contributed by atoms with Crippen molar-refractivity contribution in [2.75, 3.05) is 19.6 Å². The Labute approximate surface area is 103 Å². The van der Waals surface area contributed by atoms with Gasteiger partial charge in [-0.15, -0.1) is 0 Å². The molecule has 0 spiro atoms. The molecule has 98 valence electrons. The van der Waals surface area contributed by atoms with E-state index in [1.807, 2.05) is 20.8 Å². The molecule has 0 aromatic carbocycles. The highest BCUT2D eigenvalue weighted by Crippen LogP contribution is 2.25. The number of nitrogens with one attached hydrogen (secondary N) is 2. The molecule has 3 amide bonds. The van der Waals surface area contributed by atoms with Gasteiger partial charge in [-0.3, -0.25) is 15.0 Å². The fourth-order valence-corrected chi connectivity index (χ4v) is 1.63. The lowest BCUT2D eigenvalue weighted by Crippen LogP contribution is -2.45. The van der Waals surface area contributed by atoms with E-state index in [4.69, 9.17) is 0 Å². The van der Waals surface area contributed by atoms with Crippen LogP contribution in [-0.2, 0) is 4.79 Å². The molecule has 0 aromatic rings. The summed E-state index contributed by atoms with van der Waals surface area (Å²) >= 11 is 0. The highest BCUT2D eigenvalue weighted by atomic mass is 16.2. The number of amides is 3. The Balaban J connectivity index is 2.21. The summed E-state index contributed by atoms with van der Waals surface area (Å²) in [5.41, 5.74) is 0. The number of carbonyl (C=O) groups is 2. The number of urea groups is 1. The van der Waals surface area contributed by atoms with Crippen molar-refractivity contribution in [1.29, 1.82) is 0 Å². The maximum absolute atomic E-state index is 11.6. The van der Waals surface area contributed by atoms with Crippen LogP contribution in [0.5, 0.6) is 0 Å². The molecule has 1 saturated carbocycles. The van der Waals surface area contributed by atoms with Gasteiger partial charge in [-0.2, -0.15) is 0 Å². The zero-order valence-electron chi connectivity index (χ0n) is 11.0. The molecular weight excluding hydrogens is 218 g/mol. The zero-order chi connectivity index (χ0) is 12.8. The molecule has 2 N–H and O–H groups in total. The second-order valence-corrected chi connectivity index (χ2v) is 4.95. The summed E-state index contributed by atoms with van der Waals surface area (Å²) in [6, 6.07) is 0.153. The quantitative estimate of drug-likeness (QED) is 0.728. The predicted molar refractivity (Wildman–Crippen MR) is 66.6 cm³/mol. The lowest BCUT2D eigenvalue weighted by molar-refractivity contribution is -0.121. The Morgan fingerprint density at radius 2 is 2.00 bits per heavy atom. The van der Waals surface area contributed by atoms with E-state index in [-0.39, 0.29) is 5.91 Å². The van der Waals surface area contributed by atoms with Crippen LogP contribution < -0.4 is 10.6 Å². The van der Waals surface area contributed by atoms with Crippen LogP contribution >= 0.6 is 0 Å². The van der Waals surface area contributed by atoms with Crippen LogP contribution in [0.3, 0.4) is 0 Å². The van der Waals surface area contributed by atoms with Crippen molar-refractivity contribution in [2.45, 2.75) is 39.7 Å². The summed E-state index contributed by atoms with van der Waals surface area (Å²) in [5, 5.41) is 5.01. The van der Waals surface area contributed by atoms with Crippen LogP contribution in [0.1, 0.15) is 33.6 Å². The number of likely N-dealkylation sites (N-methyl/N-ethyl adjacent to an activating group) is 1. The smallest absolute Gasteiger partial charge is 0.321 e. The maximum atomic E-state index is 11.6. The van der Waals surface area contributed by atoms with Gasteiger partial charge in [0.1, 0.15) is 0 Å². The number of carbonyl (C=O) groups excluding carboxylic acids is 2. The Hall–Kier alpha value is -1.10. The number of imide groups is 1. The monoisotopic (exact) mass is 241 g/mol. The lowest BCUT2D eigenvalue weighted by Gasteiger charge is -2.18. The normalized spacial score (nSPS) is 15.1. The first-order valence-electron chi connectivity index (χ1n) is 6.34. The van der Waals surface area contributed by atoms with Crippen LogP contribution in [0.15, 0.2) is 0 Å². The summed E-state index contributed by atoms with van der Waals surface area (Å²) < 4.78 is 0. The highest BCUT2D eigenvalue weighted by Gasteiger charge is 2.29. The van der Waals surface area contributed by atoms with Gasteiger partial charge in [-0.1, -0.05) is 20.8 Å². The number of nitrogens with zero attached hydrogens (tertiary/aromatic N) is 1. The number of hydrogen-bond donors (Lipinski definition) is 2. The van der Waals surface area contributed by atoms with Gasteiger partial charge >= 0.3 is 6.03 Å². The van der Waals surface area contributed by atoms with Crippen molar-refractivity contribution in [3.8, 4) is 0 Å². The minimum absolute atomic E-state index is 0.222. The van der Waals surface area contributed by atoms with Crippen LogP contribution in [0.25, 0.3) is 0 Å². The molecule has 1 aliphatic carbocycles. The lowest BCUT2D eigenvalue weighted by atomic mass is 10.2. The fraction of sp³-hybridized carbons (Fsp3) is 0.833. The molecule has 0 unspecified atom stereocenters. The van der Waals surface area contributed by atoms with Gasteiger partial charge in [0.25, 0.3) is 0 Å². The van der Waals surface area contributed by atoms with Crippen molar-refractivity contribution in [2.24, 2.45) is 5.92 Å². The fourth-order valence-electron chi connectivity index (χ4n) is 1.63. The minimum atomic E-state index is -0.393. The molecule has 1 rings (SSSR count). The molecule has 0 radical (unpaired) electrons. The van der Waals surface area contributed by atoms with Crippen LogP contribution in [0, 0.1) is 5.92 Å². The van der Waals surface area contributed by atoms with E-state index in [2.05, 4.69) is 15.5 Å². The van der Waals surface area contributed by atoms with Crippen molar-refractivity contribution in [3.05, 3.63) is 0 Å².